The summed E-state index contributed by atoms with van der Waals surface area (Å²) in [6, 6.07) is 19.9. The van der Waals surface area contributed by atoms with Crippen LogP contribution >= 0.6 is 0 Å². The minimum atomic E-state index is -0.653. The zero-order chi connectivity index (χ0) is 24.0. The van der Waals surface area contributed by atoms with Gasteiger partial charge in [0.05, 0.1) is 18.9 Å². The highest BCUT2D eigenvalue weighted by atomic mass is 16.5. The van der Waals surface area contributed by atoms with E-state index in [1.54, 1.807) is 0 Å². The Bertz CT molecular complexity index is 1300. The summed E-state index contributed by atoms with van der Waals surface area (Å²) in [5, 5.41) is 2.40. The molecule has 0 aromatic heterocycles. The third kappa shape index (κ3) is 3.71. The molecule has 3 heterocycles. The lowest BCUT2D eigenvalue weighted by Gasteiger charge is -2.40. The number of likely N-dealkylation sites (N-methyl/N-ethyl adjacent to an activating group) is 1. The molecule has 0 spiro atoms. The molecule has 1 fully saturated rings. The van der Waals surface area contributed by atoms with Crippen molar-refractivity contribution >= 4 is 22.5 Å². The molecule has 3 aliphatic rings. The van der Waals surface area contributed by atoms with Crippen LogP contribution in [-0.2, 0) is 10.3 Å². The molecule has 180 valence electrons. The highest BCUT2D eigenvalue weighted by Crippen LogP contribution is 2.49. The summed E-state index contributed by atoms with van der Waals surface area (Å²) in [6.07, 6.45) is 7.98. The topological polar surface area (TPSA) is 24.9 Å². The molecule has 0 bridgehead atoms. The summed E-state index contributed by atoms with van der Waals surface area (Å²) in [7, 11) is 2.18. The second-order valence-electron chi connectivity index (χ2n) is 10.2. The Morgan fingerprint density at radius 3 is 2.43 bits per heavy atom. The van der Waals surface area contributed by atoms with Crippen molar-refractivity contribution < 1.29 is 9.47 Å². The van der Waals surface area contributed by atoms with Gasteiger partial charge in [-0.3, -0.25) is 0 Å². The molecule has 1 atom stereocenters. The van der Waals surface area contributed by atoms with Crippen LogP contribution in [0.15, 0.2) is 72.4 Å². The summed E-state index contributed by atoms with van der Waals surface area (Å²) in [6.45, 7) is 8.99. The third-order valence-corrected chi connectivity index (χ3v) is 7.71. The number of ether oxygens (including phenoxy) is 2. The minimum Gasteiger partial charge on any atom is -0.471 e. The van der Waals surface area contributed by atoms with Crippen LogP contribution in [0.3, 0.4) is 0 Å². The van der Waals surface area contributed by atoms with Crippen molar-refractivity contribution in [2.45, 2.75) is 31.8 Å². The fourth-order valence-corrected chi connectivity index (χ4v) is 5.79. The highest BCUT2D eigenvalue weighted by Gasteiger charge is 2.43. The summed E-state index contributed by atoms with van der Waals surface area (Å²) in [5.74, 6) is 1.41. The van der Waals surface area contributed by atoms with E-state index in [1.165, 1.54) is 33.3 Å². The molecule has 3 aromatic carbocycles. The maximum Gasteiger partial charge on any atom is 0.192 e. The predicted octanol–water partition coefficient (Wildman–Crippen LogP) is 6.32. The van der Waals surface area contributed by atoms with Crippen molar-refractivity contribution in [1.29, 1.82) is 0 Å². The molecule has 3 aliphatic heterocycles. The second-order valence-corrected chi connectivity index (χ2v) is 10.2. The average Bonchev–Trinajstić information content (AvgIpc) is 3.34. The first-order chi connectivity index (χ1) is 17.1. The maximum absolute atomic E-state index is 7.22. The van der Waals surface area contributed by atoms with Crippen molar-refractivity contribution in [3.05, 3.63) is 89.1 Å². The largest absolute Gasteiger partial charge is 0.471 e. The number of nitrogens with zero attached hydrogens (tertiary/aromatic N) is 2. The predicted molar refractivity (Wildman–Crippen MR) is 144 cm³/mol. The molecule has 0 saturated carbocycles. The molecule has 4 heteroatoms. The minimum absolute atomic E-state index is 0.412. The summed E-state index contributed by atoms with van der Waals surface area (Å²) in [4.78, 5) is 4.75. The van der Waals surface area contributed by atoms with Gasteiger partial charge in [0, 0.05) is 48.9 Å². The zero-order valence-electron chi connectivity index (χ0n) is 21.0. The van der Waals surface area contributed by atoms with Gasteiger partial charge in [-0.25, -0.2) is 0 Å². The monoisotopic (exact) mass is 466 g/mol. The van der Waals surface area contributed by atoms with Gasteiger partial charge in [-0.1, -0.05) is 68.5 Å². The molecule has 3 aromatic rings. The van der Waals surface area contributed by atoms with Crippen LogP contribution in [0.5, 0.6) is 5.75 Å². The molecule has 1 saturated heterocycles. The van der Waals surface area contributed by atoms with E-state index in [9.17, 15) is 0 Å². The van der Waals surface area contributed by atoms with Crippen molar-refractivity contribution in [2.75, 3.05) is 44.8 Å². The molecule has 4 nitrogen and oxygen atoms in total. The van der Waals surface area contributed by atoms with Crippen LogP contribution in [0.4, 0.5) is 5.69 Å². The van der Waals surface area contributed by atoms with E-state index in [4.69, 9.17) is 9.47 Å². The van der Waals surface area contributed by atoms with E-state index < -0.39 is 5.60 Å². The van der Waals surface area contributed by atoms with Crippen LogP contribution in [0, 0.1) is 0 Å². The first kappa shape index (κ1) is 22.2. The molecule has 6 rings (SSSR count). The van der Waals surface area contributed by atoms with E-state index >= 15 is 0 Å². The number of hydrogen-bond acceptors (Lipinski definition) is 4. The number of benzene rings is 3. The van der Waals surface area contributed by atoms with Crippen LogP contribution in [0.1, 0.15) is 42.9 Å². The average molecular weight is 467 g/mol. The number of rotatable bonds is 4. The number of hydrogen-bond donors (Lipinski definition) is 0. The second kappa shape index (κ2) is 8.76. The van der Waals surface area contributed by atoms with Crippen LogP contribution in [0.25, 0.3) is 16.8 Å². The normalized spacial score (nSPS) is 21.9. The summed E-state index contributed by atoms with van der Waals surface area (Å²) in [5.41, 5.74) is 5.52. The van der Waals surface area contributed by atoms with Gasteiger partial charge in [0.1, 0.15) is 5.75 Å². The number of fused-ring (bicyclic) bond motifs is 3. The maximum atomic E-state index is 7.22. The third-order valence-electron chi connectivity index (χ3n) is 7.71. The fourth-order valence-electron chi connectivity index (χ4n) is 5.79. The van der Waals surface area contributed by atoms with Crippen molar-refractivity contribution in [3.8, 4) is 5.75 Å². The molecular formula is C31H34N2O2. The van der Waals surface area contributed by atoms with Gasteiger partial charge in [-0.2, -0.15) is 0 Å². The van der Waals surface area contributed by atoms with Crippen molar-refractivity contribution in [1.82, 2.24) is 4.90 Å². The Morgan fingerprint density at radius 1 is 0.943 bits per heavy atom. The van der Waals surface area contributed by atoms with Gasteiger partial charge in [-0.05, 0) is 41.5 Å². The Hall–Kier alpha value is -3.24. The van der Waals surface area contributed by atoms with Gasteiger partial charge >= 0.3 is 0 Å². The zero-order valence-corrected chi connectivity index (χ0v) is 21.0. The molecule has 0 amide bonds. The Morgan fingerprint density at radius 2 is 1.71 bits per heavy atom. The SMILES string of the molecule is CC(C)c1cc2ccccc2c2c1C=CC(C1=CCCN1C)(c1ccc(N3CCOCC3)cc1)O2. The fraction of sp³-hybridized carbons (Fsp3) is 0.355. The van der Waals surface area contributed by atoms with Gasteiger partial charge in [0.2, 0.25) is 0 Å². The summed E-state index contributed by atoms with van der Waals surface area (Å²) < 4.78 is 12.8. The molecule has 0 N–H and O–H groups in total. The number of anilines is 1. The van der Waals surface area contributed by atoms with Gasteiger partial charge < -0.3 is 19.3 Å². The number of morpholine rings is 1. The van der Waals surface area contributed by atoms with E-state index in [1.807, 2.05) is 0 Å². The van der Waals surface area contributed by atoms with Gasteiger partial charge in [-0.15, -0.1) is 0 Å². The van der Waals surface area contributed by atoms with Crippen LogP contribution in [-0.4, -0.2) is 44.8 Å². The van der Waals surface area contributed by atoms with Crippen molar-refractivity contribution in [2.24, 2.45) is 0 Å². The van der Waals surface area contributed by atoms with E-state index in [2.05, 4.69) is 104 Å². The first-order valence-corrected chi connectivity index (χ1v) is 12.9. The molecule has 35 heavy (non-hydrogen) atoms. The molecular weight excluding hydrogens is 432 g/mol. The molecule has 0 radical (unpaired) electrons. The first-order valence-electron chi connectivity index (χ1n) is 12.9. The van der Waals surface area contributed by atoms with Crippen LogP contribution < -0.4 is 9.64 Å². The lowest BCUT2D eigenvalue weighted by atomic mass is 9.83. The van der Waals surface area contributed by atoms with E-state index in [-0.39, 0.29) is 0 Å². The smallest absolute Gasteiger partial charge is 0.192 e. The molecule has 1 unspecified atom stereocenters. The van der Waals surface area contributed by atoms with Gasteiger partial charge in [0.25, 0.3) is 0 Å². The lowest BCUT2D eigenvalue weighted by Crippen LogP contribution is -2.40. The Kier molecular flexibility index (Phi) is 5.57. The molecule has 0 aliphatic carbocycles. The Balaban J connectivity index is 1.50. The quantitative estimate of drug-likeness (QED) is 0.449. The summed E-state index contributed by atoms with van der Waals surface area (Å²) >= 11 is 0. The van der Waals surface area contributed by atoms with E-state index in [0.29, 0.717) is 5.92 Å². The van der Waals surface area contributed by atoms with Crippen molar-refractivity contribution in [3.63, 3.8) is 0 Å². The Labute approximate surface area is 208 Å². The highest BCUT2D eigenvalue weighted by molar-refractivity contribution is 5.94. The van der Waals surface area contributed by atoms with Crippen LogP contribution in [0.2, 0.25) is 0 Å². The lowest BCUT2D eigenvalue weighted by molar-refractivity contribution is 0.122. The standard InChI is InChI=1S/C31H34N2O2/c1-22(2)28-21-23-7-4-5-8-26(23)30-27(28)14-15-31(35-30,29-9-6-16-32(29)3)24-10-12-25(13-11-24)33-17-19-34-20-18-33/h4-5,7-15,21-22H,6,16-20H2,1-3H3. The van der Waals surface area contributed by atoms with Gasteiger partial charge in [0.15, 0.2) is 5.60 Å². The van der Waals surface area contributed by atoms with E-state index in [0.717, 1.165) is 50.6 Å².